The lowest BCUT2D eigenvalue weighted by Gasteiger charge is -2.36. The highest BCUT2D eigenvalue weighted by atomic mass is 31.1. The largest absolute Gasteiger partial charge is 0.487 e. The Hall–Kier alpha value is -0.920. The molecule has 0 spiro atoms. The van der Waals surface area contributed by atoms with E-state index in [1.807, 2.05) is 12.1 Å². The van der Waals surface area contributed by atoms with Gasteiger partial charge in [0.15, 0.2) is 11.5 Å². The van der Waals surface area contributed by atoms with E-state index in [0.29, 0.717) is 36.7 Å². The zero-order chi connectivity index (χ0) is 24.6. The van der Waals surface area contributed by atoms with Crippen molar-refractivity contribution in [3.8, 4) is 11.5 Å². The van der Waals surface area contributed by atoms with Crippen molar-refractivity contribution in [3.63, 3.8) is 0 Å². The smallest absolute Gasteiger partial charge is 0.161 e. The first-order chi connectivity index (χ1) is 16.1. The molecular formula is C28H44O4P2. The Morgan fingerprint density at radius 2 is 0.971 bits per heavy atom. The molecule has 2 atom stereocenters. The average Bonchev–Trinajstić information content (AvgIpc) is 2.76. The summed E-state index contributed by atoms with van der Waals surface area (Å²) in [5.74, 6) is 1.55. The minimum Gasteiger partial charge on any atom is -0.487 e. The summed E-state index contributed by atoms with van der Waals surface area (Å²) in [5.41, 5.74) is 0. The fourth-order valence-corrected chi connectivity index (χ4v) is 9.97. The maximum Gasteiger partial charge on any atom is 0.161 e. The van der Waals surface area contributed by atoms with Crippen molar-refractivity contribution in [2.45, 2.75) is 51.9 Å². The van der Waals surface area contributed by atoms with Gasteiger partial charge in [-0.2, -0.15) is 0 Å². The molecule has 0 bridgehead atoms. The van der Waals surface area contributed by atoms with Gasteiger partial charge in [-0.25, -0.2) is 0 Å². The molecule has 2 aromatic rings. The van der Waals surface area contributed by atoms with Crippen LogP contribution in [-0.4, -0.2) is 74.6 Å². The fraction of sp³-hybridized carbons (Fsp3) is 0.643. The van der Waals surface area contributed by atoms with Crippen LogP contribution in [-0.2, 0) is 9.47 Å². The Morgan fingerprint density at radius 1 is 0.559 bits per heavy atom. The Labute approximate surface area is 209 Å². The summed E-state index contributed by atoms with van der Waals surface area (Å²) in [4.78, 5) is 0. The lowest BCUT2D eigenvalue weighted by molar-refractivity contribution is 0.101. The lowest BCUT2D eigenvalue weighted by atomic mass is 10.1. The molecule has 1 aliphatic rings. The van der Waals surface area contributed by atoms with Crippen LogP contribution in [0.1, 0.15) is 41.5 Å². The maximum atomic E-state index is 6.10. The van der Waals surface area contributed by atoms with Crippen LogP contribution in [0, 0.1) is 0 Å². The van der Waals surface area contributed by atoms with Gasteiger partial charge in [0.05, 0.1) is 26.4 Å². The number of hydrogen-bond donors (Lipinski definition) is 0. The zero-order valence-corrected chi connectivity index (χ0v) is 23.9. The molecule has 1 aliphatic heterocycles. The van der Waals surface area contributed by atoms with E-state index < -0.39 is 0 Å². The van der Waals surface area contributed by atoms with Crippen LogP contribution in [0.2, 0.25) is 0 Å². The Balaban J connectivity index is 1.71. The molecule has 34 heavy (non-hydrogen) atoms. The number of benzene rings is 2. The summed E-state index contributed by atoms with van der Waals surface area (Å²) < 4.78 is 24.3. The summed E-state index contributed by atoms with van der Waals surface area (Å²) in [5, 5.41) is 3.00. The van der Waals surface area contributed by atoms with Gasteiger partial charge in [0.25, 0.3) is 0 Å². The van der Waals surface area contributed by atoms with E-state index >= 15 is 0 Å². The second-order valence-electron chi connectivity index (χ2n) is 10.9. The van der Waals surface area contributed by atoms with E-state index in [1.165, 1.54) is 12.3 Å². The monoisotopic (exact) mass is 506 g/mol. The van der Waals surface area contributed by atoms with Crippen molar-refractivity contribution < 1.29 is 18.9 Å². The van der Waals surface area contributed by atoms with E-state index in [0.717, 1.165) is 47.8 Å². The molecule has 190 valence electrons. The van der Waals surface area contributed by atoms with Gasteiger partial charge in [-0.05, 0) is 57.9 Å². The highest BCUT2D eigenvalue weighted by Gasteiger charge is 2.28. The predicted molar refractivity (Wildman–Crippen MR) is 149 cm³/mol. The minimum absolute atomic E-state index is 0.0890. The second kappa shape index (κ2) is 12.9. The molecule has 6 heteroatoms. The van der Waals surface area contributed by atoms with Gasteiger partial charge in [-0.3, -0.25) is 0 Å². The quantitative estimate of drug-likeness (QED) is 0.354. The molecule has 3 rings (SSSR count). The van der Waals surface area contributed by atoms with Crippen molar-refractivity contribution in [1.82, 2.24) is 0 Å². The SMILES string of the molecule is CC(C)(C)P1CCOCCOc2cc3ccccc3cc2OCCOCCP(C(C)(C)C)CC1. The van der Waals surface area contributed by atoms with Gasteiger partial charge < -0.3 is 18.9 Å². The van der Waals surface area contributed by atoms with Crippen LogP contribution in [0.25, 0.3) is 10.8 Å². The van der Waals surface area contributed by atoms with Gasteiger partial charge in [-0.15, -0.1) is 0 Å². The molecule has 2 aromatic carbocycles. The van der Waals surface area contributed by atoms with Gasteiger partial charge in [-0.1, -0.05) is 81.7 Å². The first-order valence-electron chi connectivity index (χ1n) is 12.6. The molecule has 0 N–H and O–H groups in total. The first-order valence-corrected chi connectivity index (χ1v) is 16.0. The Kier molecular flexibility index (Phi) is 10.5. The van der Waals surface area contributed by atoms with Crippen LogP contribution in [0.3, 0.4) is 0 Å². The standard InChI is InChI=1S/C28H44O4P2/c1-27(2,3)33-17-15-29-11-13-31-25-21-23-9-7-8-10-24(23)22-26(25)32-14-12-30-16-18-34(20-19-33)28(4,5)6/h7-10,21-22H,11-20H2,1-6H3. The van der Waals surface area contributed by atoms with Crippen LogP contribution in [0.4, 0.5) is 0 Å². The van der Waals surface area contributed by atoms with Crippen molar-refractivity contribution in [2.75, 3.05) is 64.3 Å². The van der Waals surface area contributed by atoms with Crippen LogP contribution in [0.15, 0.2) is 36.4 Å². The highest BCUT2D eigenvalue weighted by Crippen LogP contribution is 2.55. The summed E-state index contributed by atoms with van der Waals surface area (Å²) in [7, 11) is -0.178. The third-order valence-corrected chi connectivity index (χ3v) is 13.5. The number of hydrogen-bond acceptors (Lipinski definition) is 4. The number of ether oxygens (including phenoxy) is 4. The zero-order valence-electron chi connectivity index (χ0n) is 22.1. The van der Waals surface area contributed by atoms with E-state index in [4.69, 9.17) is 18.9 Å². The molecule has 0 saturated carbocycles. The molecule has 4 nitrogen and oxygen atoms in total. The van der Waals surface area contributed by atoms with Gasteiger partial charge in [0.2, 0.25) is 0 Å². The normalized spacial score (nSPS) is 22.6. The van der Waals surface area contributed by atoms with E-state index in [-0.39, 0.29) is 15.8 Å². The van der Waals surface area contributed by atoms with Crippen molar-refractivity contribution in [2.24, 2.45) is 0 Å². The van der Waals surface area contributed by atoms with Crippen LogP contribution < -0.4 is 9.47 Å². The van der Waals surface area contributed by atoms with E-state index in [9.17, 15) is 0 Å². The predicted octanol–water partition coefficient (Wildman–Crippen LogP) is 7.21. The summed E-state index contributed by atoms with van der Waals surface area (Å²) in [6.07, 6.45) is 4.97. The molecular weight excluding hydrogens is 462 g/mol. The summed E-state index contributed by atoms with van der Waals surface area (Å²) in [6.45, 7) is 18.3. The molecule has 0 aromatic heterocycles. The minimum atomic E-state index is -0.0890. The average molecular weight is 507 g/mol. The molecule has 1 heterocycles. The third kappa shape index (κ3) is 8.63. The second-order valence-corrected chi connectivity index (χ2v) is 17.5. The van der Waals surface area contributed by atoms with Crippen molar-refractivity contribution in [3.05, 3.63) is 36.4 Å². The van der Waals surface area contributed by atoms with Crippen LogP contribution >= 0.6 is 15.8 Å². The summed E-state index contributed by atoms with van der Waals surface area (Å²) in [6, 6.07) is 12.4. The summed E-state index contributed by atoms with van der Waals surface area (Å²) >= 11 is 0. The van der Waals surface area contributed by atoms with Crippen molar-refractivity contribution in [1.29, 1.82) is 0 Å². The number of rotatable bonds is 0. The maximum absolute atomic E-state index is 6.10. The first kappa shape index (κ1) is 27.7. The fourth-order valence-electron chi connectivity index (χ4n) is 4.21. The molecule has 0 saturated heterocycles. The topological polar surface area (TPSA) is 36.9 Å². The van der Waals surface area contributed by atoms with Gasteiger partial charge >= 0.3 is 0 Å². The van der Waals surface area contributed by atoms with E-state index in [1.54, 1.807) is 0 Å². The van der Waals surface area contributed by atoms with Crippen molar-refractivity contribution >= 4 is 26.6 Å². The van der Waals surface area contributed by atoms with Gasteiger partial charge in [0, 0.05) is 0 Å². The Morgan fingerprint density at radius 3 is 1.35 bits per heavy atom. The molecule has 0 aliphatic carbocycles. The molecule has 2 unspecified atom stereocenters. The molecule has 0 fully saturated rings. The molecule has 0 radical (unpaired) electrons. The Bertz CT molecular complexity index is 816. The highest BCUT2D eigenvalue weighted by molar-refractivity contribution is 7.63. The molecule has 0 amide bonds. The van der Waals surface area contributed by atoms with Crippen LogP contribution in [0.5, 0.6) is 11.5 Å². The number of fused-ring (bicyclic) bond motifs is 2. The lowest BCUT2D eigenvalue weighted by Crippen LogP contribution is -2.23. The van der Waals surface area contributed by atoms with Gasteiger partial charge in [0.1, 0.15) is 13.2 Å². The third-order valence-electron chi connectivity index (χ3n) is 6.33. The van der Waals surface area contributed by atoms with E-state index in [2.05, 4.69) is 65.8 Å².